The highest BCUT2D eigenvalue weighted by atomic mass is 32.1. The largest absolute Gasteiger partial charge is 0.336 e. The fraction of sp³-hybridized carbons (Fsp3) is 0.333. The SMILES string of the molecule is CCC(c1ccc(C)c(C)c1)n1c(C#N)c[nH]c1=S. The Labute approximate surface area is 118 Å². The number of nitriles is 1. The Kier molecular flexibility index (Phi) is 3.87. The predicted molar refractivity (Wildman–Crippen MR) is 78.7 cm³/mol. The summed E-state index contributed by atoms with van der Waals surface area (Å²) in [5.41, 5.74) is 4.31. The average molecular weight is 271 g/mol. The molecule has 0 fully saturated rings. The van der Waals surface area contributed by atoms with Crippen molar-refractivity contribution in [1.82, 2.24) is 9.55 Å². The van der Waals surface area contributed by atoms with Crippen LogP contribution in [0.1, 0.15) is 41.8 Å². The molecule has 0 aliphatic heterocycles. The van der Waals surface area contributed by atoms with E-state index in [4.69, 9.17) is 12.2 Å². The van der Waals surface area contributed by atoms with Crippen LogP contribution in [-0.2, 0) is 0 Å². The van der Waals surface area contributed by atoms with Gasteiger partial charge in [0.1, 0.15) is 11.8 Å². The molecular weight excluding hydrogens is 254 g/mol. The number of H-pyrrole nitrogens is 1. The highest BCUT2D eigenvalue weighted by Gasteiger charge is 2.16. The lowest BCUT2D eigenvalue weighted by Crippen LogP contribution is -2.12. The van der Waals surface area contributed by atoms with Crippen LogP contribution in [0.2, 0.25) is 0 Å². The molecule has 3 nitrogen and oxygen atoms in total. The summed E-state index contributed by atoms with van der Waals surface area (Å²) in [6.45, 7) is 6.31. The minimum absolute atomic E-state index is 0.104. The zero-order valence-electron chi connectivity index (χ0n) is 11.4. The van der Waals surface area contributed by atoms with Crippen LogP contribution in [0.5, 0.6) is 0 Å². The molecule has 0 bridgehead atoms. The van der Waals surface area contributed by atoms with E-state index in [-0.39, 0.29) is 6.04 Å². The second kappa shape index (κ2) is 5.41. The summed E-state index contributed by atoms with van der Waals surface area (Å²) < 4.78 is 2.50. The van der Waals surface area contributed by atoms with Crippen molar-refractivity contribution in [3.8, 4) is 6.07 Å². The van der Waals surface area contributed by atoms with Gasteiger partial charge < -0.3 is 9.55 Å². The molecule has 0 aliphatic carbocycles. The smallest absolute Gasteiger partial charge is 0.178 e. The maximum absolute atomic E-state index is 9.18. The van der Waals surface area contributed by atoms with Crippen LogP contribution in [0.3, 0.4) is 0 Å². The van der Waals surface area contributed by atoms with Crippen molar-refractivity contribution < 1.29 is 0 Å². The normalized spacial score (nSPS) is 12.1. The number of nitrogens with zero attached hydrogens (tertiary/aromatic N) is 2. The Morgan fingerprint density at radius 2 is 2.11 bits per heavy atom. The molecule has 0 aliphatic rings. The summed E-state index contributed by atoms with van der Waals surface area (Å²) in [6, 6.07) is 8.71. The standard InChI is InChI=1S/C15H17N3S/c1-4-14(12-6-5-10(2)11(3)7-12)18-13(8-16)9-17-15(18)19/h5-7,9,14H,4H2,1-3H3,(H,17,19). The Bertz CT molecular complexity index is 688. The topological polar surface area (TPSA) is 44.5 Å². The first-order valence-electron chi connectivity index (χ1n) is 6.35. The Morgan fingerprint density at radius 3 is 2.68 bits per heavy atom. The van der Waals surface area contributed by atoms with Crippen molar-refractivity contribution >= 4 is 12.2 Å². The molecule has 1 unspecified atom stereocenters. The summed E-state index contributed by atoms with van der Waals surface area (Å²) in [5, 5.41) is 9.18. The zero-order chi connectivity index (χ0) is 14.0. The molecule has 1 heterocycles. The number of benzene rings is 1. The molecule has 0 saturated carbocycles. The maximum atomic E-state index is 9.18. The molecule has 2 aromatic rings. The first-order valence-corrected chi connectivity index (χ1v) is 6.76. The monoisotopic (exact) mass is 271 g/mol. The van der Waals surface area contributed by atoms with Gasteiger partial charge in [-0.3, -0.25) is 0 Å². The summed E-state index contributed by atoms with van der Waals surface area (Å²) in [5.74, 6) is 0. The first-order chi connectivity index (χ1) is 9.08. The van der Waals surface area contributed by atoms with E-state index in [0.717, 1.165) is 6.42 Å². The van der Waals surface area contributed by atoms with Crippen LogP contribution in [-0.4, -0.2) is 9.55 Å². The van der Waals surface area contributed by atoms with Gasteiger partial charge in [-0.25, -0.2) is 0 Å². The Morgan fingerprint density at radius 1 is 1.37 bits per heavy atom. The van der Waals surface area contributed by atoms with Gasteiger partial charge in [-0.15, -0.1) is 0 Å². The molecular formula is C15H17N3S. The minimum Gasteiger partial charge on any atom is -0.336 e. The van der Waals surface area contributed by atoms with Gasteiger partial charge in [-0.2, -0.15) is 5.26 Å². The van der Waals surface area contributed by atoms with Gasteiger partial charge in [-0.05, 0) is 49.2 Å². The molecule has 0 amide bonds. The van der Waals surface area contributed by atoms with E-state index in [1.165, 1.54) is 16.7 Å². The number of aromatic nitrogens is 2. The van der Waals surface area contributed by atoms with Gasteiger partial charge in [0.2, 0.25) is 0 Å². The van der Waals surface area contributed by atoms with Crippen molar-refractivity contribution in [1.29, 1.82) is 5.26 Å². The van der Waals surface area contributed by atoms with Crippen molar-refractivity contribution in [3.63, 3.8) is 0 Å². The molecule has 2 rings (SSSR count). The zero-order valence-corrected chi connectivity index (χ0v) is 12.2. The number of hydrogen-bond donors (Lipinski definition) is 1. The fourth-order valence-corrected chi connectivity index (χ4v) is 2.60. The minimum atomic E-state index is 0.104. The van der Waals surface area contributed by atoms with Gasteiger partial charge in [0.15, 0.2) is 4.77 Å². The first kappa shape index (κ1) is 13.6. The molecule has 1 aromatic heterocycles. The highest BCUT2D eigenvalue weighted by Crippen LogP contribution is 2.25. The molecule has 19 heavy (non-hydrogen) atoms. The predicted octanol–water partition coefficient (Wildman–Crippen LogP) is 4.03. The van der Waals surface area contributed by atoms with Crippen molar-refractivity contribution in [3.05, 3.63) is 51.6 Å². The Balaban J connectivity index is 2.56. The van der Waals surface area contributed by atoms with Crippen molar-refractivity contribution in [2.75, 3.05) is 0 Å². The number of nitrogens with one attached hydrogen (secondary N) is 1. The van der Waals surface area contributed by atoms with Gasteiger partial charge in [-0.1, -0.05) is 25.1 Å². The van der Waals surface area contributed by atoms with Crippen LogP contribution in [0, 0.1) is 29.9 Å². The molecule has 4 heteroatoms. The third-order valence-electron chi connectivity index (χ3n) is 3.54. The van der Waals surface area contributed by atoms with Crippen LogP contribution < -0.4 is 0 Å². The summed E-state index contributed by atoms with van der Waals surface area (Å²) in [7, 11) is 0. The van der Waals surface area contributed by atoms with Gasteiger partial charge in [0, 0.05) is 6.20 Å². The highest BCUT2D eigenvalue weighted by molar-refractivity contribution is 7.71. The number of imidazole rings is 1. The van der Waals surface area contributed by atoms with E-state index in [0.29, 0.717) is 10.5 Å². The van der Waals surface area contributed by atoms with E-state index >= 15 is 0 Å². The van der Waals surface area contributed by atoms with E-state index in [2.05, 4.69) is 50.0 Å². The summed E-state index contributed by atoms with van der Waals surface area (Å²) in [4.78, 5) is 2.95. The van der Waals surface area contributed by atoms with Gasteiger partial charge in [0.05, 0.1) is 6.04 Å². The van der Waals surface area contributed by atoms with Gasteiger partial charge in [0.25, 0.3) is 0 Å². The second-order valence-electron chi connectivity index (χ2n) is 4.73. The van der Waals surface area contributed by atoms with Crippen LogP contribution >= 0.6 is 12.2 Å². The van der Waals surface area contributed by atoms with Gasteiger partial charge >= 0.3 is 0 Å². The molecule has 1 aromatic carbocycles. The molecule has 0 saturated heterocycles. The number of aryl methyl sites for hydroxylation is 2. The molecule has 0 spiro atoms. The molecule has 0 radical (unpaired) electrons. The van der Waals surface area contributed by atoms with Crippen molar-refractivity contribution in [2.45, 2.75) is 33.2 Å². The number of hydrogen-bond acceptors (Lipinski definition) is 2. The second-order valence-corrected chi connectivity index (χ2v) is 5.12. The van der Waals surface area contributed by atoms with Crippen LogP contribution in [0.25, 0.3) is 0 Å². The Hall–Kier alpha value is -1.86. The summed E-state index contributed by atoms with van der Waals surface area (Å²) >= 11 is 5.30. The maximum Gasteiger partial charge on any atom is 0.178 e. The third-order valence-corrected chi connectivity index (χ3v) is 3.85. The van der Waals surface area contributed by atoms with Crippen molar-refractivity contribution in [2.24, 2.45) is 0 Å². The number of aromatic amines is 1. The van der Waals surface area contributed by atoms with E-state index < -0.39 is 0 Å². The van der Waals surface area contributed by atoms with E-state index in [9.17, 15) is 5.26 Å². The van der Waals surface area contributed by atoms with Crippen LogP contribution in [0.4, 0.5) is 0 Å². The molecule has 98 valence electrons. The average Bonchev–Trinajstić information content (AvgIpc) is 2.76. The van der Waals surface area contributed by atoms with Crippen LogP contribution in [0.15, 0.2) is 24.4 Å². The lowest BCUT2D eigenvalue weighted by molar-refractivity contribution is 0.555. The lowest BCUT2D eigenvalue weighted by Gasteiger charge is -2.19. The fourth-order valence-electron chi connectivity index (χ4n) is 2.31. The number of rotatable bonds is 3. The van der Waals surface area contributed by atoms with E-state index in [1.54, 1.807) is 6.20 Å². The molecule has 1 atom stereocenters. The van der Waals surface area contributed by atoms with E-state index in [1.807, 2.05) is 4.57 Å². The third kappa shape index (κ3) is 2.47. The quantitative estimate of drug-likeness (QED) is 0.856. The summed E-state index contributed by atoms with van der Waals surface area (Å²) in [6.07, 6.45) is 2.56. The lowest BCUT2D eigenvalue weighted by atomic mass is 9.99. The molecule has 1 N–H and O–H groups in total.